The summed E-state index contributed by atoms with van der Waals surface area (Å²) in [4.78, 5) is 4.42. The van der Waals surface area contributed by atoms with Crippen LogP contribution < -0.4 is 5.32 Å². The Hall–Kier alpha value is -1.42. The van der Waals surface area contributed by atoms with Crippen molar-refractivity contribution in [2.75, 3.05) is 0 Å². The number of nitrogens with zero attached hydrogens (tertiary/aromatic N) is 2. The highest BCUT2D eigenvalue weighted by Crippen LogP contribution is 2.33. The lowest BCUT2D eigenvalue weighted by atomic mass is 9.48. The van der Waals surface area contributed by atoms with Crippen LogP contribution in [0.1, 0.15) is 22.7 Å². The summed E-state index contributed by atoms with van der Waals surface area (Å²) in [6.07, 6.45) is 2.06. The minimum Gasteiger partial charge on any atom is -0.361 e. The van der Waals surface area contributed by atoms with Gasteiger partial charge in [0.25, 0.3) is 0 Å². The molecule has 0 saturated carbocycles. The summed E-state index contributed by atoms with van der Waals surface area (Å²) in [5.41, 5.74) is 3.85. The van der Waals surface area contributed by atoms with Crippen molar-refractivity contribution in [2.24, 2.45) is 0 Å². The van der Waals surface area contributed by atoms with Crippen LogP contribution in [0.4, 0.5) is 0 Å². The van der Waals surface area contributed by atoms with Crippen molar-refractivity contribution in [1.82, 2.24) is 15.5 Å². The molecule has 2 aromatic rings. The second-order valence-electron chi connectivity index (χ2n) is 5.63. The third-order valence-corrected chi connectivity index (χ3v) is 3.64. The average Bonchev–Trinajstić information content (AvgIpc) is 2.67. The van der Waals surface area contributed by atoms with Gasteiger partial charge in [-0.25, -0.2) is 0 Å². The molecule has 4 nitrogen and oxygen atoms in total. The first-order valence-electron chi connectivity index (χ1n) is 6.57. The first-order chi connectivity index (χ1) is 9.70. The minimum absolute atomic E-state index is 0.334. The number of nitrogens with one attached hydrogen (secondary N) is 1. The van der Waals surface area contributed by atoms with E-state index in [2.05, 4.69) is 15.5 Å². The molecule has 0 bridgehead atoms. The molecule has 96 valence electrons. The predicted octanol–water partition coefficient (Wildman–Crippen LogP) is -0.0628. The summed E-state index contributed by atoms with van der Waals surface area (Å²) in [5.74, 6) is 0.713. The van der Waals surface area contributed by atoms with Gasteiger partial charge in [-0.2, -0.15) is 0 Å². The first kappa shape index (κ1) is 14.5. The fraction of sp³-hybridized carbons (Fsp3) is 0.385. The van der Waals surface area contributed by atoms with E-state index in [0.29, 0.717) is 23.4 Å². The summed E-state index contributed by atoms with van der Waals surface area (Å²) < 4.78 is 5.18. The number of fused-ring (bicyclic) bond motifs is 1. The van der Waals surface area contributed by atoms with Crippen molar-refractivity contribution in [3.63, 3.8) is 0 Å². The van der Waals surface area contributed by atoms with E-state index < -0.39 is 10.7 Å². The second-order valence-corrected chi connectivity index (χ2v) is 5.63. The molecule has 1 N–H and O–H groups in total. The Labute approximate surface area is 129 Å². The van der Waals surface area contributed by atoms with Gasteiger partial charge in [-0.3, -0.25) is 4.98 Å². The van der Waals surface area contributed by atoms with E-state index in [9.17, 15) is 0 Å². The number of aromatic nitrogens is 2. The molecule has 3 heterocycles. The van der Waals surface area contributed by atoms with Crippen molar-refractivity contribution in [3.8, 4) is 11.1 Å². The van der Waals surface area contributed by atoms with E-state index in [-0.39, 0.29) is 0 Å². The maximum atomic E-state index is 6.09. The summed E-state index contributed by atoms with van der Waals surface area (Å²) in [5, 5.41) is 4.23. The number of rotatable bonds is 1. The zero-order chi connectivity index (χ0) is 15.4. The normalized spacial score (nSPS) is 19.1. The highest BCUT2D eigenvalue weighted by Gasteiger charge is 2.36. The van der Waals surface area contributed by atoms with Gasteiger partial charge in [0.2, 0.25) is 0 Å². The van der Waals surface area contributed by atoms with Crippen LogP contribution in [0.2, 0.25) is 0 Å². The van der Waals surface area contributed by atoms with E-state index in [1.807, 2.05) is 19.9 Å². The predicted molar refractivity (Wildman–Crippen MR) is 83.5 cm³/mol. The number of pyridine rings is 1. The average molecular weight is 268 g/mol. The molecular formula is C13H11B4N3O. The highest BCUT2D eigenvalue weighted by molar-refractivity contribution is 6.44. The number of hydrogen-bond donors (Lipinski definition) is 1. The molecular weight excluding hydrogens is 257 g/mol. The molecule has 2 aromatic heterocycles. The van der Waals surface area contributed by atoms with E-state index in [1.165, 1.54) is 0 Å². The van der Waals surface area contributed by atoms with Gasteiger partial charge in [0.05, 0.1) is 37.1 Å². The van der Waals surface area contributed by atoms with Crippen molar-refractivity contribution < 1.29 is 4.52 Å². The third-order valence-electron chi connectivity index (χ3n) is 3.64. The van der Waals surface area contributed by atoms with Gasteiger partial charge < -0.3 is 9.84 Å². The molecule has 0 unspecified atom stereocenters. The topological polar surface area (TPSA) is 51.0 Å². The SMILES string of the molecule is [B]C1([B])Cc2ncc(-c3c(C)noc3C)cc2C([B])([B])N1. The van der Waals surface area contributed by atoms with E-state index in [4.69, 9.17) is 35.9 Å². The molecule has 0 aliphatic carbocycles. The molecule has 0 aromatic carbocycles. The Morgan fingerprint density at radius 3 is 2.57 bits per heavy atom. The van der Waals surface area contributed by atoms with Crippen LogP contribution in [-0.2, 0) is 11.8 Å². The Bertz CT molecular complexity index is 692. The smallest absolute Gasteiger partial charge is 0.141 e. The molecule has 0 fully saturated rings. The van der Waals surface area contributed by atoms with Crippen LogP contribution in [0.5, 0.6) is 0 Å². The van der Waals surface area contributed by atoms with Crippen molar-refractivity contribution in [3.05, 3.63) is 35.0 Å². The molecule has 1 aliphatic rings. The van der Waals surface area contributed by atoms with Crippen LogP contribution in [0.3, 0.4) is 0 Å². The molecule has 21 heavy (non-hydrogen) atoms. The fourth-order valence-electron chi connectivity index (χ4n) is 2.80. The maximum Gasteiger partial charge on any atom is 0.141 e. The minimum atomic E-state index is -1.35. The molecule has 0 saturated heterocycles. The number of hydrogen-bond acceptors (Lipinski definition) is 4. The van der Waals surface area contributed by atoms with Crippen LogP contribution in [0, 0.1) is 13.8 Å². The van der Waals surface area contributed by atoms with Gasteiger partial charge in [0.1, 0.15) is 5.76 Å². The van der Waals surface area contributed by atoms with Gasteiger partial charge in [0, 0.05) is 23.0 Å². The zero-order valence-corrected chi connectivity index (χ0v) is 12.0. The molecule has 8 radical (unpaired) electrons. The summed E-state index contributed by atoms with van der Waals surface area (Å²) in [6.45, 7) is 3.71. The third kappa shape index (κ3) is 2.46. The van der Waals surface area contributed by atoms with Crippen molar-refractivity contribution in [1.29, 1.82) is 0 Å². The molecule has 8 heteroatoms. The van der Waals surface area contributed by atoms with Crippen LogP contribution in [-0.4, -0.2) is 46.9 Å². The lowest BCUT2D eigenvalue weighted by Crippen LogP contribution is -2.63. The Balaban J connectivity index is 2.15. The number of aryl methyl sites for hydroxylation is 2. The largest absolute Gasteiger partial charge is 0.361 e. The lowest BCUT2D eigenvalue weighted by Gasteiger charge is -2.45. The van der Waals surface area contributed by atoms with E-state index in [1.54, 1.807) is 6.20 Å². The van der Waals surface area contributed by atoms with Crippen LogP contribution in [0.15, 0.2) is 16.8 Å². The maximum absolute atomic E-state index is 6.09. The first-order valence-corrected chi connectivity index (χ1v) is 6.57. The van der Waals surface area contributed by atoms with Crippen LogP contribution >= 0.6 is 0 Å². The fourth-order valence-corrected chi connectivity index (χ4v) is 2.80. The monoisotopic (exact) mass is 269 g/mol. The van der Waals surface area contributed by atoms with Gasteiger partial charge in [-0.15, -0.1) is 0 Å². The molecule has 0 amide bonds. The van der Waals surface area contributed by atoms with Gasteiger partial charge >= 0.3 is 0 Å². The Morgan fingerprint density at radius 2 is 1.95 bits per heavy atom. The van der Waals surface area contributed by atoms with Crippen LogP contribution in [0.25, 0.3) is 11.1 Å². The van der Waals surface area contributed by atoms with Gasteiger partial charge in [-0.1, -0.05) is 10.5 Å². The molecule has 0 spiro atoms. The summed E-state index contributed by atoms with van der Waals surface area (Å²) in [6, 6.07) is 1.87. The second kappa shape index (κ2) is 4.54. The molecule has 1 aliphatic heterocycles. The zero-order valence-electron chi connectivity index (χ0n) is 12.0. The Kier molecular flexibility index (Phi) is 3.13. The standard InChI is InChI=1S/C13H11B4N3O/c1-6-11(7(2)21-19-6)8-3-9-10(18-5-8)4-12(14,15)20-13(9,16)17/h3,5,20H,4H2,1-2H3. The summed E-state index contributed by atoms with van der Waals surface area (Å²) in [7, 11) is 24.0. The molecule has 0 atom stereocenters. The summed E-state index contributed by atoms with van der Waals surface area (Å²) >= 11 is 0. The quantitative estimate of drug-likeness (QED) is 0.736. The van der Waals surface area contributed by atoms with Crippen molar-refractivity contribution >= 4 is 31.4 Å². The molecule has 3 rings (SSSR count). The van der Waals surface area contributed by atoms with Gasteiger partial charge in [0.15, 0.2) is 0 Å². The van der Waals surface area contributed by atoms with Gasteiger partial charge in [-0.05, 0) is 37.2 Å². The van der Waals surface area contributed by atoms with E-state index in [0.717, 1.165) is 16.8 Å². The lowest BCUT2D eigenvalue weighted by molar-refractivity contribution is 0.393. The highest BCUT2D eigenvalue weighted by atomic mass is 16.5. The Morgan fingerprint density at radius 1 is 1.24 bits per heavy atom. The van der Waals surface area contributed by atoms with Crippen molar-refractivity contribution in [2.45, 2.75) is 30.9 Å². The van der Waals surface area contributed by atoms with E-state index >= 15 is 0 Å².